The van der Waals surface area contributed by atoms with Gasteiger partial charge in [0.2, 0.25) is 0 Å². The molecule has 2 heterocycles. The first-order chi connectivity index (χ1) is 10.9. The summed E-state index contributed by atoms with van der Waals surface area (Å²) in [4.78, 5) is 18.8. The zero-order valence-electron chi connectivity index (χ0n) is 14.8. The van der Waals surface area contributed by atoms with Crippen LogP contribution in [-0.4, -0.2) is 48.6 Å². The van der Waals surface area contributed by atoms with E-state index < -0.39 is 0 Å². The summed E-state index contributed by atoms with van der Waals surface area (Å²) in [6.45, 7) is 9.22. The summed E-state index contributed by atoms with van der Waals surface area (Å²) in [6, 6.07) is 0.375. The van der Waals surface area contributed by atoms with E-state index in [1.165, 1.54) is 0 Å². The zero-order chi connectivity index (χ0) is 16.9. The van der Waals surface area contributed by atoms with Gasteiger partial charge in [-0.25, -0.2) is 9.78 Å². The number of urea groups is 1. The van der Waals surface area contributed by atoms with Gasteiger partial charge in [0.25, 0.3) is 0 Å². The summed E-state index contributed by atoms with van der Waals surface area (Å²) in [5.74, 6) is 0. The van der Waals surface area contributed by atoms with Crippen LogP contribution in [0, 0.1) is 0 Å². The molecule has 1 unspecified atom stereocenters. The fourth-order valence-electron chi connectivity index (χ4n) is 2.74. The highest BCUT2D eigenvalue weighted by atomic mass is 32.1. The molecule has 0 aliphatic carbocycles. The number of hydrogen-bond acceptors (Lipinski definition) is 4. The summed E-state index contributed by atoms with van der Waals surface area (Å²) in [6.07, 6.45) is 4.04. The van der Waals surface area contributed by atoms with Crippen LogP contribution in [-0.2, 0) is 11.8 Å². The van der Waals surface area contributed by atoms with Gasteiger partial charge in [0.05, 0.1) is 10.7 Å². The highest BCUT2D eigenvalue weighted by Crippen LogP contribution is 2.25. The Bertz CT molecular complexity index is 501. The third-order valence-corrected chi connectivity index (χ3v) is 5.58. The number of thiazole rings is 1. The first-order valence-electron chi connectivity index (χ1n) is 8.54. The van der Waals surface area contributed by atoms with E-state index in [1.807, 2.05) is 11.9 Å². The molecule has 5 nitrogen and oxygen atoms in total. The van der Waals surface area contributed by atoms with Gasteiger partial charge < -0.3 is 15.5 Å². The summed E-state index contributed by atoms with van der Waals surface area (Å²) in [5.41, 5.74) is 1.17. The van der Waals surface area contributed by atoms with Crippen LogP contribution in [0.2, 0.25) is 0 Å². The lowest BCUT2D eigenvalue weighted by Crippen LogP contribution is -2.44. The fraction of sp³-hybridized carbons (Fsp3) is 0.765. The maximum absolute atomic E-state index is 12.3. The monoisotopic (exact) mass is 338 g/mol. The molecule has 130 valence electrons. The lowest BCUT2D eigenvalue weighted by Gasteiger charge is -2.27. The average Bonchev–Trinajstić information content (AvgIpc) is 2.81. The van der Waals surface area contributed by atoms with Crippen molar-refractivity contribution in [2.45, 2.75) is 57.9 Å². The number of nitrogens with zero attached hydrogens (tertiary/aromatic N) is 2. The molecule has 6 heteroatoms. The van der Waals surface area contributed by atoms with E-state index in [1.54, 1.807) is 11.3 Å². The molecule has 1 fully saturated rings. The molecule has 23 heavy (non-hydrogen) atoms. The largest absolute Gasteiger partial charge is 0.338 e. The number of aromatic nitrogens is 1. The number of rotatable bonds is 4. The van der Waals surface area contributed by atoms with Crippen molar-refractivity contribution in [1.29, 1.82) is 0 Å². The Hall–Kier alpha value is -1.14. The number of hydrogen-bond donors (Lipinski definition) is 2. The maximum Gasteiger partial charge on any atom is 0.317 e. The molecule has 1 aromatic rings. The molecular weight excluding hydrogens is 308 g/mol. The van der Waals surface area contributed by atoms with Crippen molar-refractivity contribution in [3.05, 3.63) is 16.1 Å². The second-order valence-electron chi connectivity index (χ2n) is 7.32. The topological polar surface area (TPSA) is 57.3 Å². The van der Waals surface area contributed by atoms with Gasteiger partial charge in [-0.15, -0.1) is 11.3 Å². The van der Waals surface area contributed by atoms with E-state index in [-0.39, 0.29) is 11.4 Å². The predicted molar refractivity (Wildman–Crippen MR) is 96.2 cm³/mol. The van der Waals surface area contributed by atoms with E-state index in [0.29, 0.717) is 12.6 Å². The standard InChI is InChI=1S/C17H30N4OS/c1-17(2,3)15-20-13(12-23-15)7-11-19-16(22)21(4)14-6-5-9-18-10-8-14/h12,14,18H,5-11H2,1-4H3,(H,19,22). The van der Waals surface area contributed by atoms with Crippen molar-refractivity contribution in [2.75, 3.05) is 26.7 Å². The fourth-order valence-corrected chi connectivity index (χ4v) is 3.68. The smallest absolute Gasteiger partial charge is 0.317 e. The second-order valence-corrected chi connectivity index (χ2v) is 8.18. The van der Waals surface area contributed by atoms with E-state index >= 15 is 0 Å². The van der Waals surface area contributed by atoms with Crippen molar-refractivity contribution in [3.8, 4) is 0 Å². The Labute approximate surface area is 143 Å². The Morgan fingerprint density at radius 1 is 1.43 bits per heavy atom. The highest BCUT2D eigenvalue weighted by Gasteiger charge is 2.21. The maximum atomic E-state index is 12.3. The van der Waals surface area contributed by atoms with E-state index in [4.69, 9.17) is 0 Å². The van der Waals surface area contributed by atoms with E-state index in [2.05, 4.69) is 41.8 Å². The number of carbonyl (C=O) groups excluding carboxylic acids is 1. The molecule has 0 aromatic carbocycles. The van der Waals surface area contributed by atoms with Crippen molar-refractivity contribution in [3.63, 3.8) is 0 Å². The van der Waals surface area contributed by atoms with Crippen LogP contribution >= 0.6 is 11.3 Å². The van der Waals surface area contributed by atoms with Gasteiger partial charge in [-0.3, -0.25) is 0 Å². The minimum absolute atomic E-state index is 0.0307. The van der Waals surface area contributed by atoms with Gasteiger partial charge in [0.15, 0.2) is 0 Å². The van der Waals surface area contributed by atoms with Gasteiger partial charge in [-0.2, -0.15) is 0 Å². The minimum atomic E-state index is 0.0307. The van der Waals surface area contributed by atoms with Crippen LogP contribution in [0.3, 0.4) is 0 Å². The lowest BCUT2D eigenvalue weighted by atomic mass is 9.98. The van der Waals surface area contributed by atoms with Gasteiger partial charge in [-0.1, -0.05) is 20.8 Å². The normalized spacial score (nSPS) is 19.2. The summed E-state index contributed by atoms with van der Waals surface area (Å²) < 4.78 is 0. The molecule has 1 aliphatic rings. The molecular formula is C17H30N4OS. The lowest BCUT2D eigenvalue weighted by molar-refractivity contribution is 0.185. The third-order valence-electron chi connectivity index (χ3n) is 4.26. The predicted octanol–water partition coefficient (Wildman–Crippen LogP) is 2.77. The van der Waals surface area contributed by atoms with Crippen LogP contribution in [0.15, 0.2) is 5.38 Å². The molecule has 1 aromatic heterocycles. The molecule has 0 radical (unpaired) electrons. The SMILES string of the molecule is CN(C(=O)NCCc1csc(C(C)(C)C)n1)C1CCCNCC1. The van der Waals surface area contributed by atoms with Crippen LogP contribution in [0.1, 0.15) is 50.7 Å². The molecule has 1 aliphatic heterocycles. The molecule has 1 saturated heterocycles. The number of nitrogens with one attached hydrogen (secondary N) is 2. The molecule has 0 bridgehead atoms. The van der Waals surface area contributed by atoms with Crippen LogP contribution in [0.4, 0.5) is 4.79 Å². The molecule has 2 amide bonds. The quantitative estimate of drug-likeness (QED) is 0.887. The van der Waals surface area contributed by atoms with Crippen LogP contribution in [0.5, 0.6) is 0 Å². The third kappa shape index (κ3) is 5.46. The van der Waals surface area contributed by atoms with Crippen LogP contribution < -0.4 is 10.6 Å². The average molecular weight is 339 g/mol. The van der Waals surface area contributed by atoms with Crippen molar-refractivity contribution >= 4 is 17.4 Å². The van der Waals surface area contributed by atoms with Crippen molar-refractivity contribution < 1.29 is 4.79 Å². The first kappa shape index (κ1) is 18.2. The van der Waals surface area contributed by atoms with Crippen molar-refractivity contribution in [2.24, 2.45) is 0 Å². The summed E-state index contributed by atoms with van der Waals surface area (Å²) in [7, 11) is 1.91. The highest BCUT2D eigenvalue weighted by molar-refractivity contribution is 7.09. The molecule has 0 saturated carbocycles. The number of amides is 2. The Kier molecular flexibility index (Phi) is 6.41. The molecule has 1 atom stereocenters. The van der Waals surface area contributed by atoms with Crippen LogP contribution in [0.25, 0.3) is 0 Å². The first-order valence-corrected chi connectivity index (χ1v) is 9.42. The molecule has 0 spiro atoms. The van der Waals surface area contributed by atoms with E-state index in [9.17, 15) is 4.79 Å². The molecule has 2 rings (SSSR count). The van der Waals surface area contributed by atoms with Gasteiger partial charge in [0.1, 0.15) is 0 Å². The Morgan fingerprint density at radius 3 is 2.91 bits per heavy atom. The second kappa shape index (κ2) is 8.11. The summed E-state index contributed by atoms with van der Waals surface area (Å²) >= 11 is 1.71. The minimum Gasteiger partial charge on any atom is -0.338 e. The van der Waals surface area contributed by atoms with Gasteiger partial charge in [0, 0.05) is 36.9 Å². The summed E-state index contributed by atoms with van der Waals surface area (Å²) in [5, 5.41) is 9.67. The number of carbonyl (C=O) groups is 1. The molecule has 2 N–H and O–H groups in total. The van der Waals surface area contributed by atoms with Crippen molar-refractivity contribution in [1.82, 2.24) is 20.5 Å². The van der Waals surface area contributed by atoms with Gasteiger partial charge in [-0.05, 0) is 32.4 Å². The Morgan fingerprint density at radius 2 is 2.22 bits per heavy atom. The zero-order valence-corrected chi connectivity index (χ0v) is 15.6. The van der Waals surface area contributed by atoms with Gasteiger partial charge >= 0.3 is 6.03 Å². The Balaban J connectivity index is 1.76. The van der Waals surface area contributed by atoms with E-state index in [0.717, 1.165) is 49.5 Å².